The summed E-state index contributed by atoms with van der Waals surface area (Å²) in [4.78, 5) is 27.9. The first kappa shape index (κ1) is 29.4. The molecule has 3 aromatic rings. The van der Waals surface area contributed by atoms with E-state index < -0.39 is 10.8 Å². The number of hydrogen-bond acceptors (Lipinski definition) is 7. The molecule has 1 heterocycles. The van der Waals surface area contributed by atoms with Gasteiger partial charge in [-0.2, -0.15) is 5.26 Å². The number of nitrogens with two attached hydrogens (primary N) is 1. The molecular weight excluding hydrogens is 568 g/mol. The third kappa shape index (κ3) is 5.55. The van der Waals surface area contributed by atoms with Crippen molar-refractivity contribution >= 4 is 40.5 Å². The topological polar surface area (TPSA) is 113 Å². The number of non-ortho nitro benzene ring substituents is 1. The number of ketones is 1. The van der Waals surface area contributed by atoms with Crippen LogP contribution in [0.1, 0.15) is 54.9 Å². The molecule has 3 aromatic carbocycles. The minimum atomic E-state index is -0.636. The van der Waals surface area contributed by atoms with Crippen LogP contribution >= 0.6 is 23.4 Å². The fraction of sp³-hybridized carbons (Fsp3) is 0.273. The van der Waals surface area contributed by atoms with Crippen molar-refractivity contribution in [2.24, 2.45) is 11.1 Å². The number of nitriles is 1. The summed E-state index contributed by atoms with van der Waals surface area (Å²) in [6, 6.07) is 20.4. The molecule has 5 rings (SSSR count). The molecule has 0 saturated heterocycles. The van der Waals surface area contributed by atoms with Gasteiger partial charge in [0.1, 0.15) is 5.82 Å². The van der Waals surface area contributed by atoms with Crippen LogP contribution < -0.4 is 10.6 Å². The van der Waals surface area contributed by atoms with E-state index in [2.05, 4.69) is 25.1 Å². The number of hydrogen-bond donors (Lipinski definition) is 1. The Morgan fingerprint density at radius 2 is 1.83 bits per heavy atom. The Kier molecular flexibility index (Phi) is 7.93. The molecule has 0 fully saturated rings. The fourth-order valence-electron chi connectivity index (χ4n) is 5.94. The number of carbonyl (C=O) groups excluding carboxylic acids is 1. The molecule has 9 heteroatoms. The number of benzene rings is 3. The first-order valence-corrected chi connectivity index (χ1v) is 15.0. The Morgan fingerprint density at radius 3 is 2.50 bits per heavy atom. The van der Waals surface area contributed by atoms with Crippen LogP contribution in [0, 0.1) is 40.7 Å². The summed E-state index contributed by atoms with van der Waals surface area (Å²) in [5.74, 6) is 0.202. The molecule has 0 radical (unpaired) electrons. The first-order chi connectivity index (χ1) is 19.9. The van der Waals surface area contributed by atoms with Gasteiger partial charge in [-0.3, -0.25) is 19.8 Å². The van der Waals surface area contributed by atoms with Crippen LogP contribution in [-0.2, 0) is 10.5 Å². The molecule has 214 valence electrons. The Morgan fingerprint density at radius 1 is 1.12 bits per heavy atom. The highest BCUT2D eigenvalue weighted by molar-refractivity contribution is 7.98. The lowest BCUT2D eigenvalue weighted by Gasteiger charge is -2.44. The number of allylic oxidation sites excluding steroid dienone is 3. The molecule has 1 aliphatic carbocycles. The van der Waals surface area contributed by atoms with Crippen LogP contribution in [-0.4, -0.2) is 10.7 Å². The SMILES string of the molecule is Cc1cc(C)c(C2C(C#N)=C(N)N(c3cccc([N+](=O)[O-])c3)C3=C2C(=O)CC(C)(C)C3)cc1CSc1ccc(Cl)cc1. The maximum absolute atomic E-state index is 14.0. The lowest BCUT2D eigenvalue weighted by Crippen LogP contribution is -2.42. The summed E-state index contributed by atoms with van der Waals surface area (Å²) in [7, 11) is 0. The third-order valence-electron chi connectivity index (χ3n) is 7.92. The maximum atomic E-state index is 14.0. The second-order valence-corrected chi connectivity index (χ2v) is 13.1. The molecular formula is C33H31ClN4O3S. The summed E-state index contributed by atoms with van der Waals surface area (Å²) in [5.41, 5.74) is 12.3. The van der Waals surface area contributed by atoms with Gasteiger partial charge in [-0.15, -0.1) is 11.8 Å². The van der Waals surface area contributed by atoms with Crippen molar-refractivity contribution in [3.63, 3.8) is 0 Å². The van der Waals surface area contributed by atoms with Crippen LogP contribution in [0.25, 0.3) is 0 Å². The lowest BCUT2D eigenvalue weighted by molar-refractivity contribution is -0.384. The van der Waals surface area contributed by atoms with Crippen molar-refractivity contribution in [3.05, 3.63) is 121 Å². The number of Topliss-reactive ketones (excluding diaryl/α,β-unsaturated/α-hetero) is 1. The number of carbonyl (C=O) groups is 1. The Balaban J connectivity index is 1.67. The number of nitro benzene ring substituents is 1. The van der Waals surface area contributed by atoms with Gasteiger partial charge in [-0.1, -0.05) is 43.6 Å². The van der Waals surface area contributed by atoms with Gasteiger partial charge in [0.15, 0.2) is 5.78 Å². The average Bonchev–Trinajstić information content (AvgIpc) is 2.92. The molecule has 0 aromatic heterocycles. The molecule has 1 aliphatic heterocycles. The van der Waals surface area contributed by atoms with Crippen molar-refractivity contribution in [1.82, 2.24) is 0 Å². The predicted molar refractivity (Wildman–Crippen MR) is 167 cm³/mol. The molecule has 1 atom stereocenters. The number of aryl methyl sites for hydroxylation is 2. The second kappa shape index (κ2) is 11.3. The van der Waals surface area contributed by atoms with Crippen LogP contribution in [0.5, 0.6) is 0 Å². The Labute approximate surface area is 254 Å². The highest BCUT2D eigenvalue weighted by atomic mass is 35.5. The number of nitrogens with zero attached hydrogens (tertiary/aromatic N) is 3. The smallest absolute Gasteiger partial charge is 0.271 e. The van der Waals surface area contributed by atoms with Gasteiger partial charge in [0.2, 0.25) is 0 Å². The Bertz CT molecular complexity index is 1720. The number of anilines is 1. The van der Waals surface area contributed by atoms with Crippen molar-refractivity contribution in [2.75, 3.05) is 4.90 Å². The van der Waals surface area contributed by atoms with Gasteiger partial charge >= 0.3 is 0 Å². The van der Waals surface area contributed by atoms with Gasteiger partial charge < -0.3 is 5.73 Å². The highest BCUT2D eigenvalue weighted by Crippen LogP contribution is 2.51. The summed E-state index contributed by atoms with van der Waals surface area (Å²) >= 11 is 7.74. The third-order valence-corrected chi connectivity index (χ3v) is 9.24. The number of rotatable bonds is 6. The van der Waals surface area contributed by atoms with E-state index in [1.807, 2.05) is 45.0 Å². The second-order valence-electron chi connectivity index (χ2n) is 11.6. The molecule has 0 spiro atoms. The summed E-state index contributed by atoms with van der Waals surface area (Å²) in [6.07, 6.45) is 0.852. The predicted octanol–water partition coefficient (Wildman–Crippen LogP) is 8.10. The van der Waals surface area contributed by atoms with E-state index in [1.54, 1.807) is 28.8 Å². The first-order valence-electron chi connectivity index (χ1n) is 13.6. The number of halogens is 1. The average molecular weight is 599 g/mol. The molecule has 1 unspecified atom stereocenters. The zero-order valence-electron chi connectivity index (χ0n) is 23.9. The van der Waals surface area contributed by atoms with Crippen molar-refractivity contribution in [2.45, 2.75) is 57.1 Å². The maximum Gasteiger partial charge on any atom is 0.271 e. The largest absolute Gasteiger partial charge is 0.384 e. The molecule has 2 N–H and O–H groups in total. The van der Waals surface area contributed by atoms with E-state index in [4.69, 9.17) is 17.3 Å². The van der Waals surface area contributed by atoms with Gasteiger partial charge in [-0.25, -0.2) is 0 Å². The zero-order chi connectivity index (χ0) is 30.3. The summed E-state index contributed by atoms with van der Waals surface area (Å²) in [5, 5.41) is 22.8. The minimum absolute atomic E-state index is 0.0426. The van der Waals surface area contributed by atoms with Gasteiger partial charge in [0.05, 0.1) is 28.2 Å². The fourth-order valence-corrected chi connectivity index (χ4v) is 7.02. The molecule has 0 bridgehead atoms. The van der Waals surface area contributed by atoms with Crippen LogP contribution in [0.4, 0.5) is 11.4 Å². The van der Waals surface area contributed by atoms with Crippen molar-refractivity contribution in [1.29, 1.82) is 5.26 Å². The number of thioether (sulfide) groups is 1. The lowest BCUT2D eigenvalue weighted by atomic mass is 9.68. The zero-order valence-corrected chi connectivity index (χ0v) is 25.5. The van der Waals surface area contributed by atoms with E-state index in [1.165, 1.54) is 12.1 Å². The van der Waals surface area contributed by atoms with Gasteiger partial charge in [0.25, 0.3) is 5.69 Å². The van der Waals surface area contributed by atoms with E-state index in [-0.39, 0.29) is 28.3 Å². The highest BCUT2D eigenvalue weighted by Gasteiger charge is 2.45. The van der Waals surface area contributed by atoms with Gasteiger partial charge in [-0.05, 0) is 78.3 Å². The van der Waals surface area contributed by atoms with Crippen molar-refractivity contribution in [3.8, 4) is 6.07 Å². The van der Waals surface area contributed by atoms with E-state index in [9.17, 15) is 20.2 Å². The van der Waals surface area contributed by atoms with Crippen molar-refractivity contribution < 1.29 is 9.72 Å². The normalized spacial score (nSPS) is 18.1. The van der Waals surface area contributed by atoms with Crippen LogP contribution in [0.2, 0.25) is 5.02 Å². The van der Waals surface area contributed by atoms with Gasteiger partial charge in [0, 0.05) is 45.5 Å². The minimum Gasteiger partial charge on any atom is -0.384 e. The Hall–Kier alpha value is -4.06. The monoisotopic (exact) mass is 598 g/mol. The van der Waals surface area contributed by atoms with Crippen LogP contribution in [0.15, 0.2) is 88.2 Å². The molecule has 0 saturated carbocycles. The number of nitro groups is 1. The van der Waals surface area contributed by atoms with Crippen LogP contribution in [0.3, 0.4) is 0 Å². The quantitative estimate of drug-likeness (QED) is 0.173. The summed E-state index contributed by atoms with van der Waals surface area (Å²) in [6.45, 7) is 8.11. The molecule has 0 amide bonds. The van der Waals surface area contributed by atoms with E-state index in [0.717, 1.165) is 27.1 Å². The standard InChI is InChI=1S/C33H31ClN4O3S/c1-19-12-20(2)26(13-21(19)18-42-25-10-8-22(34)9-11-25)30-27(17-35)32(36)37(23-6-5-7-24(14-23)38(40)41)28-15-33(3,4)16-29(39)31(28)30/h5-14,30H,15-16,18,36H2,1-4H3. The van der Waals surface area contributed by atoms with E-state index in [0.29, 0.717) is 40.6 Å². The summed E-state index contributed by atoms with van der Waals surface area (Å²) < 4.78 is 0. The molecule has 42 heavy (non-hydrogen) atoms. The molecule has 7 nitrogen and oxygen atoms in total. The van der Waals surface area contributed by atoms with E-state index >= 15 is 0 Å². The molecule has 2 aliphatic rings.